The largest absolute Gasteiger partial charge is 0.368 e. The zero-order chi connectivity index (χ0) is 13.5. The summed E-state index contributed by atoms with van der Waals surface area (Å²) < 4.78 is 0. The second-order valence-corrected chi connectivity index (χ2v) is 3.34. The van der Waals surface area contributed by atoms with Gasteiger partial charge in [0.2, 0.25) is 0 Å². The van der Waals surface area contributed by atoms with Crippen LogP contribution in [0.1, 0.15) is 0 Å². The lowest BCUT2D eigenvalue weighted by molar-refractivity contribution is 0.216. The highest BCUT2D eigenvalue weighted by molar-refractivity contribution is 5.91. The summed E-state index contributed by atoms with van der Waals surface area (Å²) in [5.41, 5.74) is 0.471. The minimum atomic E-state index is -0.711. The number of nitriles is 1. The zero-order valence-corrected chi connectivity index (χ0v) is 9.72. The van der Waals surface area contributed by atoms with Crippen molar-refractivity contribution in [3.8, 4) is 11.9 Å². The van der Waals surface area contributed by atoms with E-state index in [1.54, 1.807) is 36.5 Å². The molecule has 0 unspecified atom stereocenters. The molecule has 0 radical (unpaired) electrons. The van der Waals surface area contributed by atoms with Crippen LogP contribution >= 0.6 is 0 Å². The van der Waals surface area contributed by atoms with Crippen LogP contribution in [0.15, 0.2) is 49.1 Å². The van der Waals surface area contributed by atoms with Crippen molar-refractivity contribution in [2.75, 3.05) is 5.06 Å². The van der Waals surface area contributed by atoms with Crippen molar-refractivity contribution >= 4 is 11.7 Å². The second kappa shape index (κ2) is 5.97. The molecule has 1 aromatic heterocycles. The quantitative estimate of drug-likeness (QED) is 0.509. The molecule has 1 heterocycles. The molecule has 2 aromatic rings. The van der Waals surface area contributed by atoms with E-state index in [0.717, 1.165) is 5.06 Å². The molecule has 19 heavy (non-hydrogen) atoms. The van der Waals surface area contributed by atoms with Crippen LogP contribution in [-0.4, -0.2) is 16.0 Å². The molecule has 0 aliphatic rings. The first-order valence-electron chi connectivity index (χ1n) is 5.28. The van der Waals surface area contributed by atoms with E-state index in [1.165, 1.54) is 18.7 Å². The number of para-hydroxylation sites is 1. The smallest absolute Gasteiger partial charge is 0.367 e. The Kier molecular flexibility index (Phi) is 3.87. The standard InChI is InChI=1S/C12H9N5O2/c13-8-16-12(18)17(10-4-2-1-3-5-10)19-11-6-14-9-15-7-11/h1-7,9H,(H,16,18). The highest BCUT2D eigenvalue weighted by Crippen LogP contribution is 2.16. The lowest BCUT2D eigenvalue weighted by atomic mass is 10.3. The van der Waals surface area contributed by atoms with Gasteiger partial charge in [-0.05, 0) is 12.1 Å². The summed E-state index contributed by atoms with van der Waals surface area (Å²) in [5, 5.41) is 11.4. The van der Waals surface area contributed by atoms with Gasteiger partial charge in [0.05, 0.1) is 18.1 Å². The fourth-order valence-electron chi connectivity index (χ4n) is 1.31. The number of nitrogens with one attached hydrogen (secondary N) is 1. The number of urea groups is 1. The van der Waals surface area contributed by atoms with E-state index >= 15 is 0 Å². The van der Waals surface area contributed by atoms with Crippen LogP contribution in [0.2, 0.25) is 0 Å². The normalized spacial score (nSPS) is 9.21. The molecule has 0 saturated heterocycles. The van der Waals surface area contributed by atoms with Crippen molar-refractivity contribution in [1.82, 2.24) is 15.3 Å². The summed E-state index contributed by atoms with van der Waals surface area (Å²) in [5.74, 6) is 0.277. The minimum absolute atomic E-state index is 0.277. The average Bonchev–Trinajstić information content (AvgIpc) is 2.47. The third-order valence-electron chi connectivity index (χ3n) is 2.07. The molecular formula is C12H9N5O2. The molecule has 2 amide bonds. The van der Waals surface area contributed by atoms with E-state index in [1.807, 2.05) is 5.32 Å². The molecule has 0 fully saturated rings. The SMILES string of the molecule is N#CNC(=O)N(Oc1cncnc1)c1ccccc1. The number of hydrogen-bond donors (Lipinski definition) is 1. The second-order valence-electron chi connectivity index (χ2n) is 3.34. The molecule has 0 saturated carbocycles. The van der Waals surface area contributed by atoms with E-state index in [9.17, 15) is 4.79 Å². The van der Waals surface area contributed by atoms with Crippen molar-refractivity contribution in [3.05, 3.63) is 49.1 Å². The Balaban J connectivity index is 2.25. The first-order chi connectivity index (χ1) is 9.31. The topological polar surface area (TPSA) is 91.1 Å². The number of nitrogens with zero attached hydrogens (tertiary/aromatic N) is 4. The van der Waals surface area contributed by atoms with E-state index in [0.29, 0.717) is 5.69 Å². The predicted molar refractivity (Wildman–Crippen MR) is 65.7 cm³/mol. The maximum absolute atomic E-state index is 11.8. The van der Waals surface area contributed by atoms with Gasteiger partial charge in [0.25, 0.3) is 0 Å². The highest BCUT2D eigenvalue weighted by atomic mass is 16.7. The molecular weight excluding hydrogens is 246 g/mol. The summed E-state index contributed by atoms with van der Waals surface area (Å²) in [4.78, 5) is 24.7. The molecule has 0 aliphatic heterocycles. The van der Waals surface area contributed by atoms with Gasteiger partial charge in [-0.25, -0.2) is 20.1 Å². The van der Waals surface area contributed by atoms with Gasteiger partial charge >= 0.3 is 6.03 Å². The van der Waals surface area contributed by atoms with Gasteiger partial charge in [-0.1, -0.05) is 18.2 Å². The van der Waals surface area contributed by atoms with Crippen molar-refractivity contribution < 1.29 is 9.63 Å². The number of amides is 2. The number of aromatic nitrogens is 2. The Hall–Kier alpha value is -3.14. The lowest BCUT2D eigenvalue weighted by Gasteiger charge is -2.20. The molecule has 0 aliphatic carbocycles. The first kappa shape index (κ1) is 12.3. The molecule has 94 valence electrons. The molecule has 2 rings (SSSR count). The Morgan fingerprint density at radius 2 is 1.95 bits per heavy atom. The van der Waals surface area contributed by atoms with Crippen LogP contribution < -0.4 is 15.2 Å². The fraction of sp³-hybridized carbons (Fsp3) is 0. The van der Waals surface area contributed by atoms with Crippen LogP contribution in [0, 0.1) is 11.5 Å². The van der Waals surface area contributed by atoms with Crippen LogP contribution in [0.3, 0.4) is 0 Å². The summed E-state index contributed by atoms with van der Waals surface area (Å²) >= 11 is 0. The molecule has 0 spiro atoms. The molecule has 1 N–H and O–H groups in total. The van der Waals surface area contributed by atoms with Gasteiger partial charge < -0.3 is 4.84 Å². The van der Waals surface area contributed by atoms with Gasteiger partial charge in [0, 0.05) is 0 Å². The fourth-order valence-corrected chi connectivity index (χ4v) is 1.31. The van der Waals surface area contributed by atoms with E-state index in [-0.39, 0.29) is 5.75 Å². The highest BCUT2D eigenvalue weighted by Gasteiger charge is 2.17. The van der Waals surface area contributed by atoms with Crippen LogP contribution in [-0.2, 0) is 0 Å². The van der Waals surface area contributed by atoms with Crippen molar-refractivity contribution in [1.29, 1.82) is 5.26 Å². The maximum Gasteiger partial charge on any atom is 0.368 e. The van der Waals surface area contributed by atoms with Gasteiger partial charge in [-0.3, -0.25) is 0 Å². The van der Waals surface area contributed by atoms with Gasteiger partial charge in [0.1, 0.15) is 6.33 Å². The third kappa shape index (κ3) is 3.17. The first-order valence-corrected chi connectivity index (χ1v) is 5.28. The number of hydroxylamine groups is 1. The Morgan fingerprint density at radius 3 is 2.58 bits per heavy atom. The Morgan fingerprint density at radius 1 is 1.26 bits per heavy atom. The molecule has 0 atom stereocenters. The third-order valence-corrected chi connectivity index (χ3v) is 2.07. The van der Waals surface area contributed by atoms with Crippen molar-refractivity contribution in [3.63, 3.8) is 0 Å². The van der Waals surface area contributed by atoms with Gasteiger partial charge in [-0.2, -0.15) is 5.26 Å². The maximum atomic E-state index is 11.8. The monoisotopic (exact) mass is 255 g/mol. The van der Waals surface area contributed by atoms with E-state index in [2.05, 4.69) is 9.97 Å². The minimum Gasteiger partial charge on any atom is -0.367 e. The lowest BCUT2D eigenvalue weighted by Crippen LogP contribution is -2.40. The van der Waals surface area contributed by atoms with Crippen molar-refractivity contribution in [2.45, 2.75) is 0 Å². The summed E-state index contributed by atoms with van der Waals surface area (Å²) in [6.45, 7) is 0. The Labute approximate surface area is 109 Å². The van der Waals surface area contributed by atoms with Crippen LogP contribution in [0.25, 0.3) is 0 Å². The number of anilines is 1. The van der Waals surface area contributed by atoms with E-state index in [4.69, 9.17) is 10.1 Å². The van der Waals surface area contributed by atoms with Gasteiger partial charge in [0.15, 0.2) is 11.9 Å². The van der Waals surface area contributed by atoms with Gasteiger partial charge in [-0.15, -0.1) is 5.06 Å². The summed E-state index contributed by atoms with van der Waals surface area (Å²) in [6, 6.07) is 7.91. The predicted octanol–water partition coefficient (Wildman–Crippen LogP) is 1.47. The van der Waals surface area contributed by atoms with Crippen LogP contribution in [0.5, 0.6) is 5.75 Å². The zero-order valence-electron chi connectivity index (χ0n) is 9.72. The number of rotatable bonds is 3. The summed E-state index contributed by atoms with van der Waals surface area (Å²) in [6.07, 6.45) is 5.70. The summed E-state index contributed by atoms with van der Waals surface area (Å²) in [7, 11) is 0. The van der Waals surface area contributed by atoms with E-state index < -0.39 is 6.03 Å². The average molecular weight is 255 g/mol. The molecule has 7 heteroatoms. The van der Waals surface area contributed by atoms with Crippen molar-refractivity contribution in [2.24, 2.45) is 0 Å². The number of benzene rings is 1. The number of carbonyl (C=O) groups is 1. The molecule has 7 nitrogen and oxygen atoms in total. The van der Waals surface area contributed by atoms with Crippen LogP contribution in [0.4, 0.5) is 10.5 Å². The number of carbonyl (C=O) groups excluding carboxylic acids is 1. The number of hydrogen-bond acceptors (Lipinski definition) is 5. The molecule has 0 bridgehead atoms. The Bertz CT molecular complexity index is 582. The molecule has 1 aromatic carbocycles.